The van der Waals surface area contributed by atoms with Crippen molar-refractivity contribution in [1.29, 1.82) is 0 Å². The number of hydrogen-bond donors (Lipinski definition) is 0. The Kier molecular flexibility index (Phi) is 6.43. The van der Waals surface area contributed by atoms with Crippen molar-refractivity contribution in [2.75, 3.05) is 0 Å². The Hall–Kier alpha value is 1.16. The molecule has 0 aromatic rings. The maximum Gasteiger partial charge on any atom is 0.115 e. The zero-order valence-corrected chi connectivity index (χ0v) is 11.1. The second-order valence-electron chi connectivity index (χ2n) is 3.70. The molecule has 0 N–H and O–H groups in total. The summed E-state index contributed by atoms with van der Waals surface area (Å²) in [6, 6.07) is 0. The fourth-order valence-electron chi connectivity index (χ4n) is 1.05. The van der Waals surface area contributed by atoms with Gasteiger partial charge in [0.15, 0.2) is 0 Å². The molecular weight excluding hydrogens is 250 g/mol. The van der Waals surface area contributed by atoms with Gasteiger partial charge in [0, 0.05) is 0 Å². The third-order valence-corrected chi connectivity index (χ3v) is 2.49. The molecule has 80 valence electrons. The van der Waals surface area contributed by atoms with Crippen molar-refractivity contribution >= 4 is 46.4 Å². The highest BCUT2D eigenvalue weighted by Gasteiger charge is 2.17. The van der Waals surface area contributed by atoms with Crippen LogP contribution in [-0.2, 0) is 0 Å². The molecule has 0 nitrogen and oxygen atoms in total. The number of unbranched alkanes of at least 4 members (excludes halogenated alkanes) is 2. The van der Waals surface area contributed by atoms with Crippen LogP contribution in [0.5, 0.6) is 0 Å². The molecule has 0 heterocycles. The van der Waals surface area contributed by atoms with E-state index in [0.717, 1.165) is 32.1 Å². The molecule has 0 amide bonds. The lowest BCUT2D eigenvalue weighted by Gasteiger charge is -2.14. The molecule has 0 rings (SSSR count). The first kappa shape index (κ1) is 14.2. The van der Waals surface area contributed by atoms with Crippen LogP contribution in [0.25, 0.3) is 0 Å². The van der Waals surface area contributed by atoms with Crippen LogP contribution in [0.2, 0.25) is 0 Å². The summed E-state index contributed by atoms with van der Waals surface area (Å²) in [6.07, 6.45) is 4.75. The average molecular weight is 266 g/mol. The molecular formula is C9H16Cl4. The van der Waals surface area contributed by atoms with Gasteiger partial charge in [0.25, 0.3) is 0 Å². The number of alkyl halides is 4. The smallest absolute Gasteiger partial charge is 0.102 e. The summed E-state index contributed by atoms with van der Waals surface area (Å²) in [5, 5.41) is 0. The van der Waals surface area contributed by atoms with Gasteiger partial charge in [-0.05, 0) is 26.7 Å². The largest absolute Gasteiger partial charge is 0.115 e. The first-order valence-electron chi connectivity index (χ1n) is 4.46. The van der Waals surface area contributed by atoms with Gasteiger partial charge in [-0.15, -0.1) is 46.4 Å². The van der Waals surface area contributed by atoms with Crippen LogP contribution in [0.15, 0.2) is 0 Å². The molecule has 0 aromatic heterocycles. The van der Waals surface area contributed by atoms with E-state index >= 15 is 0 Å². The number of hydrogen-bond acceptors (Lipinski definition) is 0. The second-order valence-corrected chi connectivity index (χ2v) is 7.42. The third kappa shape index (κ3) is 13.2. The predicted octanol–water partition coefficient (Wildman–Crippen LogP) is 5.32. The van der Waals surface area contributed by atoms with E-state index in [0.29, 0.717) is 0 Å². The first-order chi connectivity index (χ1) is 5.71. The SMILES string of the molecule is CC(Cl)(Cl)CCCCCC(C)(Cl)Cl. The number of halogens is 4. The Morgan fingerprint density at radius 2 is 1.00 bits per heavy atom. The molecule has 0 saturated carbocycles. The molecule has 0 radical (unpaired) electrons. The molecule has 0 aliphatic rings. The van der Waals surface area contributed by atoms with Crippen LogP contribution in [0.4, 0.5) is 0 Å². The third-order valence-electron chi connectivity index (χ3n) is 1.73. The van der Waals surface area contributed by atoms with Crippen molar-refractivity contribution in [2.45, 2.75) is 54.6 Å². The summed E-state index contributed by atoms with van der Waals surface area (Å²) in [4.78, 5) is 0. The van der Waals surface area contributed by atoms with Gasteiger partial charge in [0.1, 0.15) is 8.67 Å². The van der Waals surface area contributed by atoms with Crippen molar-refractivity contribution in [2.24, 2.45) is 0 Å². The van der Waals surface area contributed by atoms with Crippen LogP contribution in [0.3, 0.4) is 0 Å². The van der Waals surface area contributed by atoms with Gasteiger partial charge in [-0.2, -0.15) is 0 Å². The first-order valence-corrected chi connectivity index (χ1v) is 5.97. The molecule has 0 aliphatic heterocycles. The fourth-order valence-corrected chi connectivity index (χ4v) is 1.58. The fraction of sp³-hybridized carbons (Fsp3) is 1.00. The Balaban J connectivity index is 3.28. The van der Waals surface area contributed by atoms with E-state index in [1.807, 2.05) is 13.8 Å². The Morgan fingerprint density at radius 3 is 1.23 bits per heavy atom. The summed E-state index contributed by atoms with van der Waals surface area (Å²) >= 11 is 23.3. The highest BCUT2D eigenvalue weighted by atomic mass is 35.5. The monoisotopic (exact) mass is 264 g/mol. The minimum Gasteiger partial charge on any atom is -0.102 e. The topological polar surface area (TPSA) is 0 Å². The molecule has 0 bridgehead atoms. The van der Waals surface area contributed by atoms with Crippen molar-refractivity contribution in [3.05, 3.63) is 0 Å². The van der Waals surface area contributed by atoms with E-state index in [-0.39, 0.29) is 0 Å². The summed E-state index contributed by atoms with van der Waals surface area (Å²) in [5.74, 6) is 0. The average Bonchev–Trinajstić information content (AvgIpc) is 1.81. The van der Waals surface area contributed by atoms with Crippen LogP contribution in [-0.4, -0.2) is 8.67 Å². The maximum atomic E-state index is 5.82. The molecule has 0 atom stereocenters. The van der Waals surface area contributed by atoms with Crippen molar-refractivity contribution in [3.8, 4) is 0 Å². The molecule has 0 fully saturated rings. The second kappa shape index (κ2) is 5.90. The molecule has 0 unspecified atom stereocenters. The van der Waals surface area contributed by atoms with Crippen LogP contribution >= 0.6 is 46.4 Å². The zero-order valence-electron chi connectivity index (χ0n) is 8.05. The van der Waals surface area contributed by atoms with Gasteiger partial charge in [-0.3, -0.25) is 0 Å². The van der Waals surface area contributed by atoms with Crippen LogP contribution in [0.1, 0.15) is 46.0 Å². The highest BCUT2D eigenvalue weighted by Crippen LogP contribution is 2.29. The van der Waals surface area contributed by atoms with Gasteiger partial charge in [-0.25, -0.2) is 0 Å². The summed E-state index contributed by atoms with van der Waals surface area (Å²) in [5.41, 5.74) is 0. The molecule has 4 heteroatoms. The van der Waals surface area contributed by atoms with E-state index in [4.69, 9.17) is 46.4 Å². The minimum atomic E-state index is -0.592. The lowest BCUT2D eigenvalue weighted by Crippen LogP contribution is -2.07. The molecule has 0 aromatic carbocycles. The highest BCUT2D eigenvalue weighted by molar-refractivity contribution is 6.48. The van der Waals surface area contributed by atoms with Gasteiger partial charge in [-0.1, -0.05) is 19.3 Å². The van der Waals surface area contributed by atoms with E-state index in [1.54, 1.807) is 0 Å². The summed E-state index contributed by atoms with van der Waals surface area (Å²) in [6.45, 7) is 3.62. The maximum absolute atomic E-state index is 5.82. The Bertz CT molecular complexity index is 116. The molecule has 0 saturated heterocycles. The minimum absolute atomic E-state index is 0.592. The van der Waals surface area contributed by atoms with E-state index in [9.17, 15) is 0 Å². The van der Waals surface area contributed by atoms with E-state index in [2.05, 4.69) is 0 Å². The summed E-state index contributed by atoms with van der Waals surface area (Å²) < 4.78 is -1.18. The van der Waals surface area contributed by atoms with Crippen molar-refractivity contribution in [1.82, 2.24) is 0 Å². The quantitative estimate of drug-likeness (QED) is 0.450. The predicted molar refractivity (Wildman–Crippen MR) is 63.3 cm³/mol. The van der Waals surface area contributed by atoms with E-state index < -0.39 is 8.67 Å². The van der Waals surface area contributed by atoms with Crippen molar-refractivity contribution < 1.29 is 0 Å². The van der Waals surface area contributed by atoms with Gasteiger partial charge < -0.3 is 0 Å². The number of rotatable bonds is 6. The van der Waals surface area contributed by atoms with Crippen LogP contribution in [0, 0.1) is 0 Å². The molecule has 13 heavy (non-hydrogen) atoms. The van der Waals surface area contributed by atoms with Crippen molar-refractivity contribution in [3.63, 3.8) is 0 Å². The standard InChI is InChI=1S/C9H16Cl4/c1-8(10,11)6-4-3-5-7-9(2,12)13/h3-7H2,1-2H3. The lowest BCUT2D eigenvalue weighted by atomic mass is 10.1. The molecule has 0 aliphatic carbocycles. The Labute approximate surface area is 101 Å². The van der Waals surface area contributed by atoms with Gasteiger partial charge in [0.2, 0.25) is 0 Å². The van der Waals surface area contributed by atoms with Gasteiger partial charge in [0.05, 0.1) is 0 Å². The lowest BCUT2D eigenvalue weighted by molar-refractivity contribution is 0.579. The van der Waals surface area contributed by atoms with Crippen LogP contribution < -0.4 is 0 Å². The van der Waals surface area contributed by atoms with E-state index in [1.165, 1.54) is 0 Å². The Morgan fingerprint density at radius 1 is 0.692 bits per heavy atom. The normalized spacial score (nSPS) is 13.4. The zero-order chi connectivity index (χ0) is 10.5. The van der Waals surface area contributed by atoms with Gasteiger partial charge >= 0.3 is 0 Å². The molecule has 0 spiro atoms. The summed E-state index contributed by atoms with van der Waals surface area (Å²) in [7, 11) is 0.